The van der Waals surface area contributed by atoms with Crippen molar-refractivity contribution in [3.8, 4) is 6.07 Å². The summed E-state index contributed by atoms with van der Waals surface area (Å²) in [7, 11) is 0. The Labute approximate surface area is 252 Å². The minimum absolute atomic E-state index is 0.0337. The van der Waals surface area contributed by atoms with Gasteiger partial charge in [0.1, 0.15) is 11.8 Å². The average Bonchev–Trinajstić information content (AvgIpc) is 2.99. The van der Waals surface area contributed by atoms with E-state index in [1.807, 2.05) is 18.7 Å². The van der Waals surface area contributed by atoms with Crippen molar-refractivity contribution in [3.63, 3.8) is 0 Å². The second-order valence-corrected chi connectivity index (χ2v) is 13.8. The first kappa shape index (κ1) is 30.9. The SMILES string of the molecule is CCCCC1C(=O)N(CC2CCOCC2)CCC12CCN(C1(C)CCN(C(=O)c3c(C)cc(C#N)nc3C)CC1)CC2. The molecule has 5 rings (SSSR count). The third kappa shape index (κ3) is 6.24. The minimum atomic E-state index is 0.0337. The maximum absolute atomic E-state index is 13.9. The van der Waals surface area contributed by atoms with Crippen LogP contribution in [0.25, 0.3) is 0 Å². The maximum atomic E-state index is 13.9. The van der Waals surface area contributed by atoms with Crippen molar-refractivity contribution >= 4 is 11.8 Å². The smallest absolute Gasteiger partial charge is 0.255 e. The summed E-state index contributed by atoms with van der Waals surface area (Å²) in [6, 6.07) is 3.80. The first-order chi connectivity index (χ1) is 20.2. The molecular weight excluding hydrogens is 526 g/mol. The second-order valence-electron chi connectivity index (χ2n) is 13.8. The summed E-state index contributed by atoms with van der Waals surface area (Å²) >= 11 is 0. The number of nitriles is 1. The number of piperidine rings is 3. The summed E-state index contributed by atoms with van der Waals surface area (Å²) in [6.45, 7) is 15.4. The van der Waals surface area contributed by atoms with Gasteiger partial charge >= 0.3 is 0 Å². The summed E-state index contributed by atoms with van der Waals surface area (Å²) in [5.74, 6) is 1.21. The molecule has 1 spiro atoms. The zero-order chi connectivity index (χ0) is 29.9. The first-order valence-electron chi connectivity index (χ1n) is 16.5. The molecule has 4 saturated heterocycles. The normalized spacial score (nSPS) is 25.0. The van der Waals surface area contributed by atoms with Crippen molar-refractivity contribution in [1.82, 2.24) is 19.7 Å². The van der Waals surface area contributed by atoms with Crippen LogP contribution in [-0.4, -0.2) is 89.5 Å². The molecule has 1 unspecified atom stereocenters. The fourth-order valence-electron chi connectivity index (χ4n) is 8.35. The van der Waals surface area contributed by atoms with Crippen molar-refractivity contribution in [1.29, 1.82) is 5.26 Å². The topological polar surface area (TPSA) is 89.8 Å². The number of aromatic nitrogens is 1. The van der Waals surface area contributed by atoms with E-state index in [2.05, 4.69) is 34.7 Å². The summed E-state index contributed by atoms with van der Waals surface area (Å²) in [5.41, 5.74) is 2.67. The number of hydrogen-bond donors (Lipinski definition) is 0. The van der Waals surface area contributed by atoms with Crippen LogP contribution in [0.4, 0.5) is 0 Å². The number of aryl methyl sites for hydroxylation is 2. The molecule has 0 saturated carbocycles. The number of ether oxygens (including phenoxy) is 1. The molecule has 4 aliphatic heterocycles. The molecule has 42 heavy (non-hydrogen) atoms. The quantitative estimate of drug-likeness (QED) is 0.447. The molecule has 0 aliphatic carbocycles. The highest BCUT2D eigenvalue weighted by Gasteiger charge is 2.51. The second kappa shape index (κ2) is 13.0. The van der Waals surface area contributed by atoms with Crippen molar-refractivity contribution in [2.45, 2.75) is 97.4 Å². The number of carbonyl (C=O) groups excluding carboxylic acids is 2. The Morgan fingerprint density at radius 2 is 1.74 bits per heavy atom. The average molecular weight is 578 g/mol. The summed E-state index contributed by atoms with van der Waals surface area (Å²) in [4.78, 5) is 38.6. The largest absolute Gasteiger partial charge is 0.381 e. The maximum Gasteiger partial charge on any atom is 0.255 e. The standard InChI is InChI=1S/C34H51N5O3/c1-5-6-7-29-31(40)38(24-27-8-20-42-21-9-27)17-12-34(29)13-18-39(19-14-34)33(4)10-15-37(16-11-33)32(41)30-25(2)22-28(23-35)36-26(30)3/h22,27,29H,5-21,24H2,1-4H3. The third-order valence-electron chi connectivity index (χ3n) is 11.3. The molecule has 4 aliphatic rings. The minimum Gasteiger partial charge on any atom is -0.381 e. The van der Waals surface area contributed by atoms with Crippen LogP contribution in [0.15, 0.2) is 6.07 Å². The fraction of sp³-hybridized carbons (Fsp3) is 0.765. The van der Waals surface area contributed by atoms with Gasteiger partial charge in [-0.3, -0.25) is 14.5 Å². The van der Waals surface area contributed by atoms with Gasteiger partial charge in [-0.25, -0.2) is 4.98 Å². The van der Waals surface area contributed by atoms with E-state index in [1.54, 1.807) is 6.07 Å². The van der Waals surface area contributed by atoms with Crippen molar-refractivity contribution in [2.24, 2.45) is 17.3 Å². The molecule has 1 atom stereocenters. The Balaban J connectivity index is 1.20. The Hall–Kier alpha value is -2.50. The number of rotatable bonds is 7. The van der Waals surface area contributed by atoms with Gasteiger partial charge in [-0.1, -0.05) is 19.8 Å². The molecule has 2 amide bonds. The molecule has 0 aromatic carbocycles. The Bertz CT molecular complexity index is 1150. The van der Waals surface area contributed by atoms with E-state index in [1.165, 1.54) is 0 Å². The first-order valence-corrected chi connectivity index (χ1v) is 16.5. The lowest BCUT2D eigenvalue weighted by Gasteiger charge is -2.55. The third-order valence-corrected chi connectivity index (χ3v) is 11.3. The van der Waals surface area contributed by atoms with Crippen LogP contribution in [0.3, 0.4) is 0 Å². The number of likely N-dealkylation sites (tertiary alicyclic amines) is 3. The Kier molecular flexibility index (Phi) is 9.59. The number of pyridine rings is 1. The van der Waals surface area contributed by atoms with Crippen LogP contribution in [0.5, 0.6) is 0 Å². The van der Waals surface area contributed by atoms with E-state index in [4.69, 9.17) is 4.74 Å². The molecule has 1 aromatic rings. The zero-order valence-electron chi connectivity index (χ0n) is 26.4. The van der Waals surface area contributed by atoms with E-state index < -0.39 is 0 Å². The molecule has 5 heterocycles. The van der Waals surface area contributed by atoms with Gasteiger partial charge in [0.05, 0.1) is 11.3 Å². The molecule has 4 fully saturated rings. The number of hydrogen-bond acceptors (Lipinski definition) is 6. The number of nitrogens with zero attached hydrogens (tertiary/aromatic N) is 5. The van der Waals surface area contributed by atoms with Crippen LogP contribution in [0.1, 0.15) is 105 Å². The lowest BCUT2D eigenvalue weighted by molar-refractivity contribution is -0.152. The van der Waals surface area contributed by atoms with Gasteiger partial charge in [-0.2, -0.15) is 5.26 Å². The van der Waals surface area contributed by atoms with Crippen LogP contribution >= 0.6 is 0 Å². The molecular formula is C34H51N5O3. The van der Waals surface area contributed by atoms with Gasteiger partial charge in [-0.15, -0.1) is 0 Å². The number of amides is 2. The summed E-state index contributed by atoms with van der Waals surface area (Å²) < 4.78 is 5.56. The van der Waals surface area contributed by atoms with Crippen molar-refractivity contribution in [2.75, 3.05) is 52.5 Å². The Morgan fingerprint density at radius 3 is 2.36 bits per heavy atom. The zero-order valence-corrected chi connectivity index (χ0v) is 26.4. The van der Waals surface area contributed by atoms with Crippen LogP contribution in [0.2, 0.25) is 0 Å². The van der Waals surface area contributed by atoms with Gasteiger partial charge in [0.15, 0.2) is 0 Å². The predicted molar refractivity (Wildman–Crippen MR) is 163 cm³/mol. The summed E-state index contributed by atoms with van der Waals surface area (Å²) in [6.07, 6.45) is 10.7. The number of unbranched alkanes of at least 4 members (excludes halogenated alkanes) is 1. The van der Waals surface area contributed by atoms with E-state index in [-0.39, 0.29) is 22.8 Å². The van der Waals surface area contributed by atoms with Gasteiger partial charge in [0.2, 0.25) is 5.91 Å². The highest BCUT2D eigenvalue weighted by Crippen LogP contribution is 2.49. The number of carbonyl (C=O) groups is 2. The predicted octanol–water partition coefficient (Wildman–Crippen LogP) is 5.11. The van der Waals surface area contributed by atoms with E-state index in [0.29, 0.717) is 28.8 Å². The van der Waals surface area contributed by atoms with Crippen molar-refractivity contribution in [3.05, 3.63) is 28.6 Å². The molecule has 8 nitrogen and oxygen atoms in total. The Morgan fingerprint density at radius 1 is 1.07 bits per heavy atom. The molecule has 8 heteroatoms. The van der Waals surface area contributed by atoms with E-state index in [0.717, 1.165) is 122 Å². The van der Waals surface area contributed by atoms with Gasteiger partial charge in [0.25, 0.3) is 5.91 Å². The molecule has 0 radical (unpaired) electrons. The molecule has 1 aromatic heterocycles. The van der Waals surface area contributed by atoms with E-state index in [9.17, 15) is 14.9 Å². The highest BCUT2D eigenvalue weighted by atomic mass is 16.5. The van der Waals surface area contributed by atoms with Gasteiger partial charge < -0.3 is 14.5 Å². The molecule has 0 N–H and O–H groups in total. The van der Waals surface area contributed by atoms with Crippen LogP contribution in [-0.2, 0) is 9.53 Å². The summed E-state index contributed by atoms with van der Waals surface area (Å²) in [5, 5.41) is 9.23. The van der Waals surface area contributed by atoms with E-state index >= 15 is 0 Å². The monoisotopic (exact) mass is 577 g/mol. The fourth-order valence-corrected chi connectivity index (χ4v) is 8.35. The van der Waals surface area contributed by atoms with Crippen LogP contribution in [0, 0.1) is 42.4 Å². The highest BCUT2D eigenvalue weighted by molar-refractivity contribution is 5.96. The van der Waals surface area contributed by atoms with Gasteiger partial charge in [-0.05, 0) is 108 Å². The molecule has 230 valence electrons. The van der Waals surface area contributed by atoms with Gasteiger partial charge in [0, 0.05) is 50.8 Å². The molecule has 0 bridgehead atoms. The van der Waals surface area contributed by atoms with Crippen molar-refractivity contribution < 1.29 is 14.3 Å². The lowest BCUT2D eigenvalue weighted by atomic mass is 9.62. The lowest BCUT2D eigenvalue weighted by Crippen LogP contribution is -2.60. The van der Waals surface area contributed by atoms with Crippen LogP contribution < -0.4 is 0 Å².